The molecule has 0 unspecified atom stereocenters. The number of hydrogen-bond donors (Lipinski definition) is 2. The molecule has 0 aromatic heterocycles. The molecule has 2 fully saturated rings. The second-order valence-electron chi connectivity index (χ2n) is 5.84. The zero-order chi connectivity index (χ0) is 13.2. The quantitative estimate of drug-likeness (QED) is 0.800. The summed E-state index contributed by atoms with van der Waals surface area (Å²) in [5.74, 6) is 0.639. The van der Waals surface area contributed by atoms with Gasteiger partial charge in [-0.15, -0.1) is 0 Å². The summed E-state index contributed by atoms with van der Waals surface area (Å²) in [5.41, 5.74) is -0.848. The van der Waals surface area contributed by atoms with Crippen molar-refractivity contribution in [3.63, 3.8) is 0 Å². The molecule has 2 aliphatic rings. The van der Waals surface area contributed by atoms with Crippen molar-refractivity contribution in [3.8, 4) is 0 Å². The molecule has 0 spiro atoms. The number of nitrogens with one attached hydrogen (secondary N) is 1. The highest BCUT2D eigenvalue weighted by molar-refractivity contribution is 7.87. The van der Waals surface area contributed by atoms with Crippen molar-refractivity contribution >= 4 is 10.2 Å². The van der Waals surface area contributed by atoms with E-state index >= 15 is 0 Å². The third-order valence-electron chi connectivity index (χ3n) is 4.19. The summed E-state index contributed by atoms with van der Waals surface area (Å²) in [6.45, 7) is 3.53. The zero-order valence-corrected chi connectivity index (χ0v) is 11.9. The molecule has 1 heterocycles. The van der Waals surface area contributed by atoms with Gasteiger partial charge in [-0.3, -0.25) is 0 Å². The molecular formula is C12H24N2O3S. The topological polar surface area (TPSA) is 69.6 Å². The summed E-state index contributed by atoms with van der Waals surface area (Å²) in [7, 11) is -3.39. The minimum absolute atomic E-state index is 0.151. The van der Waals surface area contributed by atoms with Crippen LogP contribution in [-0.4, -0.2) is 43.1 Å². The highest BCUT2D eigenvalue weighted by Gasteiger charge is 2.34. The van der Waals surface area contributed by atoms with Crippen molar-refractivity contribution in [3.05, 3.63) is 0 Å². The molecule has 6 heteroatoms. The van der Waals surface area contributed by atoms with E-state index in [-0.39, 0.29) is 6.54 Å². The Kier molecular flexibility index (Phi) is 4.31. The Morgan fingerprint density at radius 3 is 2.39 bits per heavy atom. The minimum atomic E-state index is -3.39. The smallest absolute Gasteiger partial charge is 0.279 e. The molecule has 0 aromatic rings. The molecular weight excluding hydrogens is 252 g/mol. The second kappa shape index (κ2) is 5.45. The molecule has 18 heavy (non-hydrogen) atoms. The van der Waals surface area contributed by atoms with Crippen molar-refractivity contribution in [2.45, 2.75) is 51.0 Å². The maximum Gasteiger partial charge on any atom is 0.279 e. The van der Waals surface area contributed by atoms with Crippen LogP contribution in [0.15, 0.2) is 0 Å². The fourth-order valence-electron chi connectivity index (χ4n) is 2.72. The Hall–Kier alpha value is -0.170. The molecule has 2 N–H and O–H groups in total. The molecule has 0 amide bonds. The predicted molar refractivity (Wildman–Crippen MR) is 70.3 cm³/mol. The Balaban J connectivity index is 1.86. The Morgan fingerprint density at radius 1 is 1.28 bits per heavy atom. The van der Waals surface area contributed by atoms with Gasteiger partial charge in [-0.1, -0.05) is 6.92 Å². The number of rotatable bonds is 4. The van der Waals surface area contributed by atoms with Gasteiger partial charge in [0.1, 0.15) is 0 Å². The van der Waals surface area contributed by atoms with Crippen LogP contribution in [0.4, 0.5) is 0 Å². The van der Waals surface area contributed by atoms with Crippen molar-refractivity contribution in [2.24, 2.45) is 5.92 Å². The highest BCUT2D eigenvalue weighted by atomic mass is 32.2. The highest BCUT2D eigenvalue weighted by Crippen LogP contribution is 2.31. The molecule has 2 rings (SSSR count). The fourth-order valence-corrected chi connectivity index (χ4v) is 4.09. The van der Waals surface area contributed by atoms with E-state index in [9.17, 15) is 13.5 Å². The van der Waals surface area contributed by atoms with E-state index in [0.29, 0.717) is 31.8 Å². The monoisotopic (exact) mass is 276 g/mol. The van der Waals surface area contributed by atoms with Gasteiger partial charge in [0.15, 0.2) is 0 Å². The van der Waals surface area contributed by atoms with Gasteiger partial charge in [-0.2, -0.15) is 17.4 Å². The normalized spacial score (nSPS) is 34.9. The zero-order valence-electron chi connectivity index (χ0n) is 11.1. The first-order valence-electron chi connectivity index (χ1n) is 6.88. The van der Waals surface area contributed by atoms with E-state index < -0.39 is 15.8 Å². The van der Waals surface area contributed by atoms with E-state index in [4.69, 9.17) is 0 Å². The van der Waals surface area contributed by atoms with Crippen molar-refractivity contribution in [1.82, 2.24) is 9.03 Å². The van der Waals surface area contributed by atoms with Crippen LogP contribution in [0.2, 0.25) is 0 Å². The van der Waals surface area contributed by atoms with Gasteiger partial charge in [0.2, 0.25) is 0 Å². The molecule has 0 atom stereocenters. The van der Waals surface area contributed by atoms with E-state index in [0.717, 1.165) is 25.7 Å². The molecule has 0 aromatic carbocycles. The lowest BCUT2D eigenvalue weighted by molar-refractivity contribution is -0.00207. The van der Waals surface area contributed by atoms with E-state index in [2.05, 4.69) is 11.6 Å². The lowest BCUT2D eigenvalue weighted by Gasteiger charge is -2.35. The summed E-state index contributed by atoms with van der Waals surface area (Å²) in [4.78, 5) is 0. The van der Waals surface area contributed by atoms with Crippen LogP contribution < -0.4 is 4.72 Å². The number of aliphatic hydroxyl groups is 1. The molecule has 106 valence electrons. The van der Waals surface area contributed by atoms with Gasteiger partial charge >= 0.3 is 0 Å². The summed E-state index contributed by atoms with van der Waals surface area (Å²) in [5, 5.41) is 10.3. The third-order valence-corrected chi connectivity index (χ3v) is 5.75. The summed E-state index contributed by atoms with van der Waals surface area (Å²) >= 11 is 0. The van der Waals surface area contributed by atoms with Gasteiger partial charge in [-0.05, 0) is 44.4 Å². The van der Waals surface area contributed by atoms with Crippen LogP contribution in [0.25, 0.3) is 0 Å². The molecule has 0 radical (unpaired) electrons. The molecule has 1 aliphatic carbocycles. The van der Waals surface area contributed by atoms with Crippen LogP contribution in [-0.2, 0) is 10.2 Å². The largest absolute Gasteiger partial charge is 0.389 e. The summed E-state index contributed by atoms with van der Waals surface area (Å²) in [6, 6.07) is 0. The molecule has 0 bridgehead atoms. The van der Waals surface area contributed by atoms with E-state index in [1.165, 1.54) is 4.31 Å². The maximum absolute atomic E-state index is 12.0. The summed E-state index contributed by atoms with van der Waals surface area (Å²) < 4.78 is 28.0. The third kappa shape index (κ3) is 3.44. The Bertz CT molecular complexity index is 369. The van der Waals surface area contributed by atoms with E-state index in [1.807, 2.05) is 0 Å². The van der Waals surface area contributed by atoms with E-state index in [1.54, 1.807) is 0 Å². The first-order valence-corrected chi connectivity index (χ1v) is 8.32. The van der Waals surface area contributed by atoms with Crippen LogP contribution >= 0.6 is 0 Å². The first-order chi connectivity index (χ1) is 8.41. The van der Waals surface area contributed by atoms with Crippen molar-refractivity contribution in [1.29, 1.82) is 0 Å². The number of hydrogen-bond acceptors (Lipinski definition) is 3. The van der Waals surface area contributed by atoms with Crippen molar-refractivity contribution < 1.29 is 13.5 Å². The van der Waals surface area contributed by atoms with Gasteiger partial charge in [0.05, 0.1) is 5.60 Å². The maximum atomic E-state index is 12.0. The average molecular weight is 276 g/mol. The molecule has 1 aliphatic heterocycles. The predicted octanol–water partition coefficient (Wildman–Crippen LogP) is 0.858. The standard InChI is InChI=1S/C12H24N2O3S/c1-11-4-6-12(15,7-5-11)10-13-18(16,17)14-8-2-3-9-14/h11,13,15H,2-10H2,1H3. The van der Waals surface area contributed by atoms with Crippen LogP contribution in [0.5, 0.6) is 0 Å². The molecule has 5 nitrogen and oxygen atoms in total. The Labute approximate surface area is 110 Å². The lowest BCUT2D eigenvalue weighted by Crippen LogP contribution is -2.48. The van der Waals surface area contributed by atoms with Crippen LogP contribution in [0.3, 0.4) is 0 Å². The second-order valence-corrected chi connectivity index (χ2v) is 7.59. The SMILES string of the molecule is CC1CCC(O)(CNS(=O)(=O)N2CCCC2)CC1. The Morgan fingerprint density at radius 2 is 1.83 bits per heavy atom. The van der Waals surface area contributed by atoms with Gasteiger partial charge in [0.25, 0.3) is 10.2 Å². The van der Waals surface area contributed by atoms with Gasteiger partial charge < -0.3 is 5.11 Å². The lowest BCUT2D eigenvalue weighted by atomic mass is 9.80. The first kappa shape index (κ1) is 14.2. The van der Waals surface area contributed by atoms with Crippen molar-refractivity contribution in [2.75, 3.05) is 19.6 Å². The summed E-state index contributed by atoms with van der Waals surface area (Å²) in [6.07, 6.45) is 5.20. The van der Waals surface area contributed by atoms with Gasteiger partial charge in [-0.25, -0.2) is 0 Å². The van der Waals surface area contributed by atoms with Gasteiger partial charge in [0, 0.05) is 19.6 Å². The average Bonchev–Trinajstić information content (AvgIpc) is 2.86. The number of nitrogens with zero attached hydrogens (tertiary/aromatic N) is 1. The fraction of sp³-hybridized carbons (Fsp3) is 1.00. The minimum Gasteiger partial charge on any atom is -0.389 e. The molecule has 1 saturated heterocycles. The van der Waals surface area contributed by atoms with Crippen LogP contribution in [0, 0.1) is 5.92 Å². The molecule has 1 saturated carbocycles. The van der Waals surface area contributed by atoms with Crippen LogP contribution in [0.1, 0.15) is 45.4 Å².